The molecule has 5 rings (SSSR count). The first-order chi connectivity index (χ1) is 19.3. The number of nitrogens with zero attached hydrogens (tertiary/aromatic N) is 1. The number of methoxy groups -OCH3 is 2. The van der Waals surface area contributed by atoms with Crippen molar-refractivity contribution in [3.63, 3.8) is 0 Å². The number of amides is 2. The molecule has 1 aromatic carbocycles. The molecule has 0 aromatic heterocycles. The van der Waals surface area contributed by atoms with Crippen molar-refractivity contribution in [3.05, 3.63) is 35.5 Å². The van der Waals surface area contributed by atoms with Gasteiger partial charge in [-0.25, -0.2) is 0 Å². The highest BCUT2D eigenvalue weighted by Gasteiger charge is 2.63. The van der Waals surface area contributed by atoms with Crippen LogP contribution in [0.25, 0.3) is 0 Å². The molecule has 1 aliphatic carbocycles. The van der Waals surface area contributed by atoms with Crippen molar-refractivity contribution in [2.45, 2.75) is 64.7 Å². The highest BCUT2D eigenvalue weighted by molar-refractivity contribution is 5.92. The molecule has 10 nitrogen and oxygen atoms in total. The van der Waals surface area contributed by atoms with Crippen LogP contribution in [-0.2, 0) is 35.1 Å². The summed E-state index contributed by atoms with van der Waals surface area (Å²) in [5, 5.41) is 2.89. The first-order valence-corrected chi connectivity index (χ1v) is 14.2. The number of fused-ring (bicyclic) bond motifs is 2. The van der Waals surface area contributed by atoms with Gasteiger partial charge in [-0.1, -0.05) is 19.9 Å². The van der Waals surface area contributed by atoms with E-state index in [1.54, 1.807) is 12.0 Å². The smallest absolute Gasteiger partial charge is 0.320 e. The molecule has 1 N–H and O–H groups in total. The lowest BCUT2D eigenvalue weighted by Crippen LogP contribution is -2.61. The van der Waals surface area contributed by atoms with E-state index in [2.05, 4.69) is 19.2 Å². The van der Waals surface area contributed by atoms with Crippen LogP contribution in [-0.4, -0.2) is 69.1 Å². The maximum atomic E-state index is 14.2. The van der Waals surface area contributed by atoms with Crippen LogP contribution in [0.2, 0.25) is 0 Å². The molecule has 0 unspecified atom stereocenters. The Kier molecular flexibility index (Phi) is 8.37. The predicted molar refractivity (Wildman–Crippen MR) is 144 cm³/mol. The molecular formula is C30H40N2O8. The van der Waals surface area contributed by atoms with Crippen LogP contribution >= 0.6 is 0 Å². The molecule has 40 heavy (non-hydrogen) atoms. The molecule has 4 atom stereocenters. The van der Waals surface area contributed by atoms with Crippen LogP contribution in [0.3, 0.4) is 0 Å². The number of hydrogen-bond acceptors (Lipinski definition) is 8. The predicted octanol–water partition coefficient (Wildman–Crippen LogP) is 3.18. The number of nitrogens with one attached hydrogen (secondary N) is 1. The van der Waals surface area contributed by atoms with E-state index in [-0.39, 0.29) is 55.9 Å². The van der Waals surface area contributed by atoms with Gasteiger partial charge in [0.2, 0.25) is 18.6 Å². The summed E-state index contributed by atoms with van der Waals surface area (Å²) in [6, 6.07) is 5.58. The summed E-state index contributed by atoms with van der Waals surface area (Å²) in [7, 11) is 2.99. The summed E-state index contributed by atoms with van der Waals surface area (Å²) in [4.78, 5) is 42.7. The summed E-state index contributed by atoms with van der Waals surface area (Å²) in [5.41, 5.74) is 0.269. The molecule has 1 saturated carbocycles. The normalized spacial score (nSPS) is 27.3. The lowest BCUT2D eigenvalue weighted by Gasteiger charge is -2.53. The third-order valence-electron chi connectivity index (χ3n) is 8.36. The van der Waals surface area contributed by atoms with Gasteiger partial charge in [-0.15, -0.1) is 0 Å². The van der Waals surface area contributed by atoms with E-state index in [9.17, 15) is 14.4 Å². The molecule has 10 heteroatoms. The summed E-state index contributed by atoms with van der Waals surface area (Å²) in [6.45, 7) is 5.49. The van der Waals surface area contributed by atoms with E-state index in [0.717, 1.165) is 18.4 Å². The standard InChI is InChI=1S/C30H40N2O8/c1-18(2)23-14-25-30(29(35)37-4,27(40-23)20-7-8-20)15-21(13-26(33)31-10-5-11-36-3)28(34)32(25)16-19-6-9-22-24(12-19)39-17-38-22/h6,9,12,14,18,20-21,23,27H,5,7-8,10-11,13,15-17H2,1-4H3,(H,31,33)/t21-,23+,27+,30+/m0/s1. The third kappa shape index (κ3) is 5.43. The maximum Gasteiger partial charge on any atom is 0.320 e. The van der Waals surface area contributed by atoms with Crippen molar-refractivity contribution in [2.75, 3.05) is 34.2 Å². The Morgan fingerprint density at radius 1 is 1.18 bits per heavy atom. The molecule has 2 amide bonds. The van der Waals surface area contributed by atoms with Crippen LogP contribution in [0, 0.1) is 23.2 Å². The Hall–Kier alpha value is -3.11. The maximum absolute atomic E-state index is 14.2. The first-order valence-electron chi connectivity index (χ1n) is 14.2. The molecule has 0 bridgehead atoms. The van der Waals surface area contributed by atoms with Gasteiger partial charge in [-0.2, -0.15) is 0 Å². The van der Waals surface area contributed by atoms with Crippen molar-refractivity contribution in [3.8, 4) is 11.5 Å². The van der Waals surface area contributed by atoms with Gasteiger partial charge < -0.3 is 33.9 Å². The van der Waals surface area contributed by atoms with E-state index in [1.807, 2.05) is 24.3 Å². The van der Waals surface area contributed by atoms with Crippen molar-refractivity contribution in [1.29, 1.82) is 0 Å². The fourth-order valence-electron chi connectivity index (χ4n) is 6.17. The number of rotatable bonds is 11. The highest BCUT2D eigenvalue weighted by Crippen LogP contribution is 2.56. The number of ether oxygens (including phenoxy) is 5. The van der Waals surface area contributed by atoms with Crippen LogP contribution in [0.4, 0.5) is 0 Å². The van der Waals surface area contributed by atoms with Crippen LogP contribution in [0.1, 0.15) is 51.5 Å². The Balaban J connectivity index is 1.53. The van der Waals surface area contributed by atoms with Gasteiger partial charge in [0.15, 0.2) is 11.5 Å². The molecule has 3 heterocycles. The van der Waals surface area contributed by atoms with Gasteiger partial charge in [0.05, 0.1) is 25.9 Å². The molecule has 1 aromatic rings. The number of carbonyl (C=O) groups excluding carboxylic acids is 3. The average Bonchev–Trinajstić information content (AvgIpc) is 3.68. The van der Waals surface area contributed by atoms with E-state index in [4.69, 9.17) is 23.7 Å². The molecular weight excluding hydrogens is 516 g/mol. The second-order valence-corrected chi connectivity index (χ2v) is 11.5. The molecule has 0 radical (unpaired) electrons. The molecule has 4 aliphatic rings. The van der Waals surface area contributed by atoms with Crippen molar-refractivity contribution >= 4 is 17.8 Å². The van der Waals surface area contributed by atoms with Crippen molar-refractivity contribution in [1.82, 2.24) is 10.2 Å². The Morgan fingerprint density at radius 3 is 2.65 bits per heavy atom. The monoisotopic (exact) mass is 556 g/mol. The van der Waals surface area contributed by atoms with Gasteiger partial charge >= 0.3 is 5.97 Å². The summed E-state index contributed by atoms with van der Waals surface area (Å²) in [6.07, 6.45) is 3.94. The minimum absolute atomic E-state index is 0.0273. The summed E-state index contributed by atoms with van der Waals surface area (Å²) >= 11 is 0. The average molecular weight is 557 g/mol. The minimum atomic E-state index is -1.19. The van der Waals surface area contributed by atoms with Gasteiger partial charge in [0, 0.05) is 38.3 Å². The Morgan fingerprint density at radius 2 is 1.95 bits per heavy atom. The van der Waals surface area contributed by atoms with Crippen LogP contribution in [0.5, 0.6) is 11.5 Å². The Labute approximate surface area is 235 Å². The molecule has 1 saturated heterocycles. The zero-order valence-electron chi connectivity index (χ0n) is 23.8. The number of likely N-dealkylation sites (tertiary alicyclic amines) is 1. The van der Waals surface area contributed by atoms with E-state index in [0.29, 0.717) is 36.8 Å². The van der Waals surface area contributed by atoms with Crippen LogP contribution in [0.15, 0.2) is 30.0 Å². The zero-order chi connectivity index (χ0) is 28.4. The van der Waals surface area contributed by atoms with Crippen molar-refractivity contribution in [2.24, 2.45) is 23.2 Å². The minimum Gasteiger partial charge on any atom is -0.468 e. The number of hydrogen-bond donors (Lipinski definition) is 1. The quantitative estimate of drug-likeness (QED) is 0.327. The van der Waals surface area contributed by atoms with Gasteiger partial charge in [0.1, 0.15) is 5.41 Å². The van der Waals surface area contributed by atoms with Crippen molar-refractivity contribution < 1.29 is 38.1 Å². The molecule has 3 aliphatic heterocycles. The first kappa shape index (κ1) is 28.4. The number of esters is 1. The van der Waals surface area contributed by atoms with E-state index in [1.165, 1.54) is 7.11 Å². The fraction of sp³-hybridized carbons (Fsp3) is 0.633. The molecule has 2 fully saturated rings. The number of benzene rings is 1. The summed E-state index contributed by atoms with van der Waals surface area (Å²) in [5.74, 6) is 0.0408. The lowest BCUT2D eigenvalue weighted by molar-refractivity contribution is -0.182. The largest absolute Gasteiger partial charge is 0.468 e. The van der Waals surface area contributed by atoms with E-state index < -0.39 is 23.4 Å². The molecule has 0 spiro atoms. The zero-order valence-corrected chi connectivity index (χ0v) is 23.8. The van der Waals surface area contributed by atoms with Gasteiger partial charge in [0.25, 0.3) is 0 Å². The highest BCUT2D eigenvalue weighted by atomic mass is 16.7. The Bertz CT molecular complexity index is 1160. The van der Waals surface area contributed by atoms with Gasteiger partial charge in [-0.3, -0.25) is 14.4 Å². The number of carbonyl (C=O) groups is 3. The second kappa shape index (κ2) is 11.8. The fourth-order valence-corrected chi connectivity index (χ4v) is 6.17. The van der Waals surface area contributed by atoms with Gasteiger partial charge in [-0.05, 0) is 61.3 Å². The van der Waals surface area contributed by atoms with E-state index >= 15 is 0 Å². The number of piperidine rings is 1. The topological polar surface area (TPSA) is 113 Å². The second-order valence-electron chi connectivity index (χ2n) is 11.5. The lowest BCUT2D eigenvalue weighted by atomic mass is 9.64. The molecule has 218 valence electrons. The SMILES string of the molecule is COCCCNC(=O)C[C@H]1C[C@@]2(C(=O)OC)C(=C[C@H](C(C)C)O[C@@H]2C2CC2)N(Cc2ccc3c(c2)OCO3)C1=O. The third-order valence-corrected chi connectivity index (χ3v) is 8.36. The summed E-state index contributed by atoms with van der Waals surface area (Å²) < 4.78 is 28.2. The van der Waals surface area contributed by atoms with Crippen LogP contribution < -0.4 is 14.8 Å².